The Morgan fingerprint density at radius 3 is 2.56 bits per heavy atom. The lowest BCUT2D eigenvalue weighted by atomic mass is 10.1. The largest absolute Gasteiger partial charge is 0.465 e. The number of esters is 1. The van der Waals surface area contributed by atoms with Crippen LogP contribution in [-0.4, -0.2) is 35.0 Å². The first-order chi connectivity index (χ1) is 15.5. The van der Waals surface area contributed by atoms with Crippen molar-refractivity contribution in [3.63, 3.8) is 0 Å². The molecule has 3 rings (SSSR count). The molecular formula is C24H28ClN5O2. The molecule has 0 amide bonds. The van der Waals surface area contributed by atoms with E-state index >= 15 is 0 Å². The van der Waals surface area contributed by atoms with Crippen molar-refractivity contribution in [3.05, 3.63) is 70.9 Å². The minimum atomic E-state index is -0.235. The summed E-state index contributed by atoms with van der Waals surface area (Å²) in [6, 6.07) is 15.9. The standard InChI is InChI=1S/C24H28ClN5O2/c1-2-3-11-32-22(31)16-30(14-17-7-5-4-6-8-17)15-18-9-10-19-20(12-18)23(29-24(26)27)28-13-21(19)25/h4-10,12-13H,2-3,11,14-16H2,1H3,(H4,26,27,28,29). The monoisotopic (exact) mass is 453 g/mol. The maximum atomic E-state index is 12.4. The molecule has 8 heteroatoms. The smallest absolute Gasteiger partial charge is 0.320 e. The number of hydrogen-bond donors (Lipinski definition) is 2. The second-order valence-electron chi connectivity index (χ2n) is 7.55. The number of aromatic nitrogens is 1. The van der Waals surface area contributed by atoms with Gasteiger partial charge in [-0.3, -0.25) is 9.69 Å². The number of aliphatic imine (C=N–C) groups is 1. The molecule has 168 valence electrons. The molecule has 3 aromatic rings. The predicted molar refractivity (Wildman–Crippen MR) is 129 cm³/mol. The van der Waals surface area contributed by atoms with Crippen molar-refractivity contribution in [2.45, 2.75) is 32.9 Å². The lowest BCUT2D eigenvalue weighted by molar-refractivity contribution is -0.145. The Hall–Kier alpha value is -3.16. The highest BCUT2D eigenvalue weighted by Gasteiger charge is 2.15. The second kappa shape index (κ2) is 11.5. The number of guanidine groups is 1. The van der Waals surface area contributed by atoms with Crippen LogP contribution < -0.4 is 11.5 Å². The Bertz CT molecular complexity index is 1080. The van der Waals surface area contributed by atoms with Crippen LogP contribution in [0.5, 0.6) is 0 Å². The fourth-order valence-electron chi connectivity index (χ4n) is 3.38. The summed E-state index contributed by atoms with van der Waals surface area (Å²) in [5, 5.41) is 2.06. The maximum absolute atomic E-state index is 12.4. The number of nitrogens with two attached hydrogens (primary N) is 2. The van der Waals surface area contributed by atoms with E-state index in [-0.39, 0.29) is 18.5 Å². The Balaban J connectivity index is 1.86. The lowest BCUT2D eigenvalue weighted by Crippen LogP contribution is -2.30. The molecule has 1 aromatic heterocycles. The molecule has 0 atom stereocenters. The van der Waals surface area contributed by atoms with Crippen LogP contribution in [0.15, 0.2) is 59.7 Å². The van der Waals surface area contributed by atoms with Crippen molar-refractivity contribution in [2.24, 2.45) is 16.5 Å². The molecule has 0 bridgehead atoms. The number of pyridine rings is 1. The second-order valence-corrected chi connectivity index (χ2v) is 7.96. The first-order valence-electron chi connectivity index (χ1n) is 10.5. The van der Waals surface area contributed by atoms with E-state index in [1.165, 1.54) is 6.20 Å². The number of benzene rings is 2. The molecule has 0 fully saturated rings. The normalized spacial score (nSPS) is 11.0. The van der Waals surface area contributed by atoms with Gasteiger partial charge in [0.1, 0.15) is 0 Å². The third-order valence-electron chi connectivity index (χ3n) is 4.89. The Kier molecular flexibility index (Phi) is 8.41. The summed E-state index contributed by atoms with van der Waals surface area (Å²) in [6.45, 7) is 3.83. The van der Waals surface area contributed by atoms with Crippen LogP contribution >= 0.6 is 11.6 Å². The van der Waals surface area contributed by atoms with Crippen LogP contribution in [0.2, 0.25) is 5.02 Å². The third-order valence-corrected chi connectivity index (χ3v) is 5.19. The summed E-state index contributed by atoms with van der Waals surface area (Å²) in [5.74, 6) is 0.0907. The molecule has 0 saturated heterocycles. The molecule has 0 radical (unpaired) electrons. The summed E-state index contributed by atoms with van der Waals surface area (Å²) in [5.41, 5.74) is 13.2. The number of halogens is 1. The predicted octanol–water partition coefficient (Wildman–Crippen LogP) is 4.14. The van der Waals surface area contributed by atoms with Gasteiger partial charge in [-0.1, -0.05) is 67.4 Å². The third kappa shape index (κ3) is 6.67. The van der Waals surface area contributed by atoms with Crippen molar-refractivity contribution >= 4 is 40.1 Å². The molecule has 0 aliphatic carbocycles. The van der Waals surface area contributed by atoms with E-state index in [1.807, 2.05) is 53.4 Å². The molecule has 0 aliphatic rings. The van der Waals surface area contributed by atoms with Crippen LogP contribution in [0.25, 0.3) is 10.8 Å². The minimum absolute atomic E-state index is 0.0768. The molecule has 1 heterocycles. The van der Waals surface area contributed by atoms with E-state index in [4.69, 9.17) is 27.8 Å². The van der Waals surface area contributed by atoms with E-state index in [2.05, 4.69) is 16.9 Å². The highest BCUT2D eigenvalue weighted by molar-refractivity contribution is 6.35. The van der Waals surface area contributed by atoms with Gasteiger partial charge in [0.15, 0.2) is 11.8 Å². The summed E-state index contributed by atoms with van der Waals surface area (Å²) in [7, 11) is 0. The van der Waals surface area contributed by atoms with Gasteiger partial charge >= 0.3 is 5.97 Å². The average Bonchev–Trinajstić information content (AvgIpc) is 2.76. The van der Waals surface area contributed by atoms with E-state index in [9.17, 15) is 4.79 Å². The van der Waals surface area contributed by atoms with Crippen LogP contribution in [-0.2, 0) is 22.6 Å². The number of carbonyl (C=O) groups is 1. The average molecular weight is 454 g/mol. The van der Waals surface area contributed by atoms with E-state index in [1.54, 1.807) is 0 Å². The zero-order chi connectivity index (χ0) is 22.9. The quantitative estimate of drug-likeness (QED) is 0.207. The lowest BCUT2D eigenvalue weighted by Gasteiger charge is -2.22. The number of nitrogens with zero attached hydrogens (tertiary/aromatic N) is 3. The van der Waals surface area contributed by atoms with Gasteiger partial charge in [-0.05, 0) is 23.6 Å². The molecule has 0 spiro atoms. The first-order valence-corrected chi connectivity index (χ1v) is 10.9. The van der Waals surface area contributed by atoms with Gasteiger partial charge in [-0.15, -0.1) is 0 Å². The van der Waals surface area contributed by atoms with Gasteiger partial charge in [0.25, 0.3) is 0 Å². The Morgan fingerprint density at radius 1 is 1.09 bits per heavy atom. The van der Waals surface area contributed by atoms with Crippen LogP contribution in [0.3, 0.4) is 0 Å². The fraction of sp³-hybridized carbons (Fsp3) is 0.292. The molecule has 32 heavy (non-hydrogen) atoms. The molecule has 7 nitrogen and oxygen atoms in total. The maximum Gasteiger partial charge on any atom is 0.320 e. The van der Waals surface area contributed by atoms with Gasteiger partial charge in [-0.25, -0.2) is 4.98 Å². The molecule has 0 saturated carbocycles. The Labute approximate surface area is 193 Å². The molecule has 0 aliphatic heterocycles. The zero-order valence-corrected chi connectivity index (χ0v) is 18.9. The van der Waals surface area contributed by atoms with E-state index in [0.717, 1.165) is 34.7 Å². The molecule has 4 N–H and O–H groups in total. The number of unbranched alkanes of at least 4 members (excludes halogenated alkanes) is 1. The van der Waals surface area contributed by atoms with Crippen molar-refractivity contribution in [2.75, 3.05) is 13.2 Å². The number of carbonyl (C=O) groups excluding carboxylic acids is 1. The van der Waals surface area contributed by atoms with Crippen LogP contribution in [0.4, 0.5) is 5.82 Å². The SMILES string of the molecule is CCCCOC(=O)CN(Cc1ccccc1)Cc1ccc2c(Cl)cnc(N=C(N)N)c2c1. The van der Waals surface area contributed by atoms with Crippen molar-refractivity contribution in [1.82, 2.24) is 9.88 Å². The first kappa shape index (κ1) is 23.5. The summed E-state index contributed by atoms with van der Waals surface area (Å²) < 4.78 is 5.38. The van der Waals surface area contributed by atoms with Crippen molar-refractivity contribution < 1.29 is 9.53 Å². The highest BCUT2D eigenvalue weighted by atomic mass is 35.5. The zero-order valence-electron chi connectivity index (χ0n) is 18.1. The molecule has 2 aromatic carbocycles. The number of rotatable bonds is 10. The van der Waals surface area contributed by atoms with Crippen molar-refractivity contribution in [1.29, 1.82) is 0 Å². The molecule has 0 unspecified atom stereocenters. The molecular weight excluding hydrogens is 426 g/mol. The minimum Gasteiger partial charge on any atom is -0.465 e. The van der Waals surface area contributed by atoms with Crippen LogP contribution in [0, 0.1) is 0 Å². The van der Waals surface area contributed by atoms with E-state index < -0.39 is 0 Å². The topological polar surface area (TPSA) is 107 Å². The Morgan fingerprint density at radius 2 is 1.84 bits per heavy atom. The van der Waals surface area contributed by atoms with Crippen molar-refractivity contribution in [3.8, 4) is 0 Å². The van der Waals surface area contributed by atoms with Gasteiger partial charge in [0.05, 0.1) is 18.2 Å². The number of fused-ring (bicyclic) bond motifs is 1. The van der Waals surface area contributed by atoms with Gasteiger partial charge < -0.3 is 16.2 Å². The number of ether oxygens (including phenoxy) is 1. The summed E-state index contributed by atoms with van der Waals surface area (Å²) in [6.07, 6.45) is 3.36. The van der Waals surface area contributed by atoms with Gasteiger partial charge in [0.2, 0.25) is 0 Å². The summed E-state index contributed by atoms with van der Waals surface area (Å²) >= 11 is 6.32. The van der Waals surface area contributed by atoms with E-state index in [0.29, 0.717) is 30.5 Å². The fourth-order valence-corrected chi connectivity index (χ4v) is 3.59. The van der Waals surface area contributed by atoms with Gasteiger partial charge in [-0.2, -0.15) is 4.99 Å². The number of hydrogen-bond acceptors (Lipinski definition) is 5. The van der Waals surface area contributed by atoms with Crippen LogP contribution in [0.1, 0.15) is 30.9 Å². The van der Waals surface area contributed by atoms with Gasteiger partial charge in [0, 0.05) is 30.1 Å². The highest BCUT2D eigenvalue weighted by Crippen LogP contribution is 2.30. The summed E-state index contributed by atoms with van der Waals surface area (Å²) in [4.78, 5) is 22.8.